The summed E-state index contributed by atoms with van der Waals surface area (Å²) in [5, 5.41) is 0. The van der Waals surface area contributed by atoms with Crippen LogP contribution in [-0.4, -0.2) is 49.8 Å². The van der Waals surface area contributed by atoms with E-state index < -0.39 is 12.4 Å². The molecule has 5 nitrogen and oxygen atoms in total. The summed E-state index contributed by atoms with van der Waals surface area (Å²) in [7, 11) is 0. The maximum absolute atomic E-state index is 12.7. The van der Waals surface area contributed by atoms with E-state index >= 15 is 0 Å². The molecule has 1 amide bonds. The van der Waals surface area contributed by atoms with Crippen LogP contribution >= 0.6 is 0 Å². The summed E-state index contributed by atoms with van der Waals surface area (Å²) < 4.78 is 17.1. The summed E-state index contributed by atoms with van der Waals surface area (Å²) in [4.78, 5) is 14.6. The molecule has 2 saturated heterocycles. The highest BCUT2D eigenvalue weighted by Gasteiger charge is 2.35. The third kappa shape index (κ3) is 4.10. The van der Waals surface area contributed by atoms with Crippen LogP contribution in [0.1, 0.15) is 31.6 Å². The molecule has 2 aliphatic heterocycles. The maximum Gasteiger partial charge on any atom is 0.251 e. The van der Waals surface area contributed by atoms with Crippen molar-refractivity contribution in [1.82, 2.24) is 4.90 Å². The zero-order valence-corrected chi connectivity index (χ0v) is 13.6. The van der Waals surface area contributed by atoms with Crippen LogP contribution < -0.4 is 0 Å². The Morgan fingerprint density at radius 2 is 2.13 bits per heavy atom. The third-order valence-electron chi connectivity index (χ3n) is 4.44. The molecule has 3 atom stereocenters. The van der Waals surface area contributed by atoms with Crippen molar-refractivity contribution in [3.8, 4) is 0 Å². The fourth-order valence-electron chi connectivity index (χ4n) is 3.16. The number of benzene rings is 1. The van der Waals surface area contributed by atoms with Crippen LogP contribution in [0.4, 0.5) is 0 Å². The van der Waals surface area contributed by atoms with E-state index in [9.17, 15) is 4.79 Å². The van der Waals surface area contributed by atoms with E-state index in [-0.39, 0.29) is 5.91 Å². The SMILES string of the molecule is CCOC[C@@H]1CCN(C(=O)[C@H]2CCO[C@H](c3ccccc3)O2)C1. The highest BCUT2D eigenvalue weighted by molar-refractivity contribution is 5.81. The van der Waals surface area contributed by atoms with Crippen molar-refractivity contribution in [1.29, 1.82) is 0 Å². The summed E-state index contributed by atoms with van der Waals surface area (Å²) >= 11 is 0. The first-order valence-electron chi connectivity index (χ1n) is 8.46. The van der Waals surface area contributed by atoms with Crippen LogP contribution in [0.2, 0.25) is 0 Å². The lowest BCUT2D eigenvalue weighted by molar-refractivity contribution is -0.220. The first kappa shape index (κ1) is 16.4. The number of amides is 1. The van der Waals surface area contributed by atoms with E-state index in [4.69, 9.17) is 14.2 Å². The number of hydrogen-bond donors (Lipinski definition) is 0. The van der Waals surface area contributed by atoms with Gasteiger partial charge >= 0.3 is 0 Å². The fraction of sp³-hybridized carbons (Fsp3) is 0.611. The summed E-state index contributed by atoms with van der Waals surface area (Å²) in [6, 6.07) is 9.78. The van der Waals surface area contributed by atoms with Crippen molar-refractivity contribution in [2.75, 3.05) is 32.9 Å². The van der Waals surface area contributed by atoms with E-state index in [1.165, 1.54) is 0 Å². The van der Waals surface area contributed by atoms with Gasteiger partial charge in [0, 0.05) is 37.6 Å². The minimum Gasteiger partial charge on any atom is -0.381 e. The Labute approximate surface area is 137 Å². The van der Waals surface area contributed by atoms with Crippen LogP contribution in [-0.2, 0) is 19.0 Å². The number of nitrogens with zero attached hydrogens (tertiary/aromatic N) is 1. The highest BCUT2D eigenvalue weighted by atomic mass is 16.7. The first-order chi connectivity index (χ1) is 11.3. The minimum absolute atomic E-state index is 0.0910. The predicted molar refractivity (Wildman–Crippen MR) is 85.8 cm³/mol. The largest absolute Gasteiger partial charge is 0.381 e. The molecular formula is C18H25NO4. The number of likely N-dealkylation sites (tertiary alicyclic amines) is 1. The summed E-state index contributed by atoms with van der Waals surface area (Å²) in [6.07, 6.45) is 0.784. The lowest BCUT2D eigenvalue weighted by Crippen LogP contribution is -2.42. The second kappa shape index (κ2) is 7.90. The molecule has 1 aromatic carbocycles. The number of carbonyl (C=O) groups is 1. The molecule has 2 fully saturated rings. The molecule has 0 radical (unpaired) electrons. The van der Waals surface area contributed by atoms with Crippen molar-refractivity contribution in [2.45, 2.75) is 32.2 Å². The first-order valence-corrected chi connectivity index (χ1v) is 8.46. The lowest BCUT2D eigenvalue weighted by atomic mass is 10.1. The Hall–Kier alpha value is -1.43. The van der Waals surface area contributed by atoms with Crippen molar-refractivity contribution < 1.29 is 19.0 Å². The van der Waals surface area contributed by atoms with Gasteiger partial charge in [0.25, 0.3) is 5.91 Å². The van der Waals surface area contributed by atoms with Gasteiger partial charge in [-0.1, -0.05) is 30.3 Å². The minimum atomic E-state index is -0.444. The second-order valence-electron chi connectivity index (χ2n) is 6.13. The van der Waals surface area contributed by atoms with Gasteiger partial charge in [-0.15, -0.1) is 0 Å². The predicted octanol–water partition coefficient (Wildman–Crippen LogP) is 2.38. The highest BCUT2D eigenvalue weighted by Crippen LogP contribution is 2.28. The summed E-state index contributed by atoms with van der Waals surface area (Å²) in [5.41, 5.74) is 0.959. The molecule has 2 heterocycles. The van der Waals surface area contributed by atoms with Gasteiger partial charge in [0.05, 0.1) is 13.2 Å². The summed E-state index contributed by atoms with van der Waals surface area (Å²) in [6.45, 7) is 5.58. The van der Waals surface area contributed by atoms with E-state index in [2.05, 4.69) is 0 Å². The average molecular weight is 319 g/mol. The second-order valence-corrected chi connectivity index (χ2v) is 6.13. The van der Waals surface area contributed by atoms with Gasteiger partial charge in [-0.2, -0.15) is 0 Å². The van der Waals surface area contributed by atoms with Gasteiger partial charge in [-0.3, -0.25) is 4.79 Å². The Morgan fingerprint density at radius 3 is 2.91 bits per heavy atom. The van der Waals surface area contributed by atoms with Crippen LogP contribution in [0, 0.1) is 5.92 Å². The van der Waals surface area contributed by atoms with Gasteiger partial charge in [0.15, 0.2) is 6.29 Å². The smallest absolute Gasteiger partial charge is 0.251 e. The molecule has 0 aromatic heterocycles. The molecule has 5 heteroatoms. The van der Waals surface area contributed by atoms with Gasteiger partial charge in [-0.25, -0.2) is 0 Å². The Balaban J connectivity index is 1.55. The normalized spacial score (nSPS) is 28.0. The molecule has 3 rings (SSSR count). The molecule has 1 aromatic rings. The molecule has 23 heavy (non-hydrogen) atoms. The molecule has 0 bridgehead atoms. The number of carbonyl (C=O) groups excluding carboxylic acids is 1. The molecule has 0 spiro atoms. The lowest BCUT2D eigenvalue weighted by Gasteiger charge is -2.32. The van der Waals surface area contributed by atoms with Crippen LogP contribution in [0.15, 0.2) is 30.3 Å². The van der Waals surface area contributed by atoms with Crippen LogP contribution in [0.5, 0.6) is 0 Å². The van der Waals surface area contributed by atoms with Gasteiger partial charge in [0.1, 0.15) is 6.10 Å². The molecule has 126 valence electrons. The number of rotatable bonds is 5. The van der Waals surface area contributed by atoms with Crippen molar-refractivity contribution >= 4 is 5.91 Å². The fourth-order valence-corrected chi connectivity index (χ4v) is 3.16. The van der Waals surface area contributed by atoms with Crippen molar-refractivity contribution in [2.24, 2.45) is 5.92 Å². The zero-order valence-electron chi connectivity index (χ0n) is 13.6. The molecule has 0 unspecified atom stereocenters. The Bertz CT molecular complexity index is 507. The maximum atomic E-state index is 12.7. The number of ether oxygens (including phenoxy) is 3. The average Bonchev–Trinajstić information content (AvgIpc) is 3.09. The van der Waals surface area contributed by atoms with Crippen molar-refractivity contribution in [3.05, 3.63) is 35.9 Å². The van der Waals surface area contributed by atoms with Crippen molar-refractivity contribution in [3.63, 3.8) is 0 Å². The topological polar surface area (TPSA) is 48.0 Å². The van der Waals surface area contributed by atoms with E-state index in [1.807, 2.05) is 42.2 Å². The van der Waals surface area contributed by atoms with Crippen LogP contribution in [0.25, 0.3) is 0 Å². The zero-order chi connectivity index (χ0) is 16.1. The van der Waals surface area contributed by atoms with Gasteiger partial charge in [-0.05, 0) is 13.3 Å². The monoisotopic (exact) mass is 319 g/mol. The van der Waals surface area contributed by atoms with Gasteiger partial charge < -0.3 is 19.1 Å². The Morgan fingerprint density at radius 1 is 1.30 bits per heavy atom. The standard InChI is InChI=1S/C18H25NO4/c1-2-21-13-14-8-10-19(12-14)17(20)16-9-11-22-18(23-16)15-6-4-3-5-7-15/h3-7,14,16,18H,2,8-13H2,1H3/t14-,16-,18+/m1/s1. The Kier molecular flexibility index (Phi) is 5.65. The van der Waals surface area contributed by atoms with E-state index in [0.717, 1.165) is 38.3 Å². The molecule has 0 aliphatic carbocycles. The third-order valence-corrected chi connectivity index (χ3v) is 4.44. The molecule has 0 N–H and O–H groups in total. The molecule has 2 aliphatic rings. The van der Waals surface area contributed by atoms with E-state index in [1.54, 1.807) is 0 Å². The quantitative estimate of drug-likeness (QED) is 0.836. The summed E-state index contributed by atoms with van der Waals surface area (Å²) in [5.74, 6) is 0.539. The molecule has 0 saturated carbocycles. The van der Waals surface area contributed by atoms with E-state index in [0.29, 0.717) is 18.9 Å². The molecular weight excluding hydrogens is 294 g/mol. The van der Waals surface area contributed by atoms with Crippen LogP contribution in [0.3, 0.4) is 0 Å². The van der Waals surface area contributed by atoms with Gasteiger partial charge in [0.2, 0.25) is 0 Å². The number of hydrogen-bond acceptors (Lipinski definition) is 4.